The number of carbonyl (C=O) groups excluding carboxylic acids is 2. The third-order valence-electron chi connectivity index (χ3n) is 6.30. The molecule has 34 heavy (non-hydrogen) atoms. The normalized spacial score (nSPS) is 15.3. The summed E-state index contributed by atoms with van der Waals surface area (Å²) in [6.07, 6.45) is 6.99. The first kappa shape index (κ1) is 23.7. The Balaban J connectivity index is 1.57. The van der Waals surface area contributed by atoms with E-state index < -0.39 is 0 Å². The lowest BCUT2D eigenvalue weighted by molar-refractivity contribution is -0.120. The van der Waals surface area contributed by atoms with Gasteiger partial charge in [0.15, 0.2) is 5.65 Å². The van der Waals surface area contributed by atoms with Crippen LogP contribution in [0.2, 0.25) is 0 Å². The zero-order valence-corrected chi connectivity index (χ0v) is 20.1. The molecule has 0 saturated heterocycles. The van der Waals surface area contributed by atoms with E-state index in [2.05, 4.69) is 27.6 Å². The molecule has 8 heteroatoms. The van der Waals surface area contributed by atoms with Gasteiger partial charge in [-0.15, -0.1) is 0 Å². The number of fused-ring (bicyclic) bond motifs is 1. The van der Waals surface area contributed by atoms with Crippen LogP contribution in [0.1, 0.15) is 74.8 Å². The Morgan fingerprint density at radius 3 is 2.59 bits per heavy atom. The molecule has 8 nitrogen and oxygen atoms in total. The minimum Gasteiger partial charge on any atom is -0.494 e. The smallest absolute Gasteiger partial charge is 0.255 e. The Hall–Kier alpha value is -3.42. The summed E-state index contributed by atoms with van der Waals surface area (Å²) in [7, 11) is 0. The van der Waals surface area contributed by atoms with E-state index in [9.17, 15) is 9.59 Å². The first-order valence-corrected chi connectivity index (χ1v) is 12.2. The quantitative estimate of drug-likeness (QED) is 0.479. The number of ether oxygens (including phenoxy) is 1. The predicted octanol–water partition coefficient (Wildman–Crippen LogP) is 4.65. The van der Waals surface area contributed by atoms with Crippen LogP contribution in [0.5, 0.6) is 5.75 Å². The Morgan fingerprint density at radius 2 is 1.91 bits per heavy atom. The number of Topliss-reactive ketones (excluding diaryl/α,β-unsaturated/α-hetero) is 1. The van der Waals surface area contributed by atoms with Crippen molar-refractivity contribution in [1.29, 1.82) is 0 Å². The highest BCUT2D eigenvalue weighted by atomic mass is 16.5. The van der Waals surface area contributed by atoms with Crippen molar-refractivity contribution in [3.8, 4) is 5.75 Å². The van der Waals surface area contributed by atoms with E-state index in [0.29, 0.717) is 37.3 Å². The van der Waals surface area contributed by atoms with Crippen molar-refractivity contribution in [1.82, 2.24) is 20.1 Å². The molecule has 1 saturated carbocycles. The largest absolute Gasteiger partial charge is 0.494 e. The second-order valence-electron chi connectivity index (χ2n) is 8.81. The molecule has 0 spiro atoms. The van der Waals surface area contributed by atoms with E-state index in [0.717, 1.165) is 47.3 Å². The molecule has 4 rings (SSSR count). The molecule has 180 valence electrons. The predicted molar refractivity (Wildman–Crippen MR) is 132 cm³/mol. The summed E-state index contributed by atoms with van der Waals surface area (Å²) in [5.41, 5.74) is 2.95. The summed E-state index contributed by atoms with van der Waals surface area (Å²) in [6, 6.07) is 7.74. The van der Waals surface area contributed by atoms with Gasteiger partial charge >= 0.3 is 0 Å². The third kappa shape index (κ3) is 5.21. The number of benzene rings is 1. The van der Waals surface area contributed by atoms with Gasteiger partial charge in [0.2, 0.25) is 0 Å². The number of nitrogens with one attached hydrogen (secondary N) is 2. The monoisotopic (exact) mass is 463 g/mol. The molecule has 2 N–H and O–H groups in total. The number of pyridine rings is 1. The van der Waals surface area contributed by atoms with Crippen LogP contribution in [0.3, 0.4) is 0 Å². The molecule has 0 bridgehead atoms. The number of rotatable bonds is 9. The van der Waals surface area contributed by atoms with Crippen molar-refractivity contribution in [2.75, 3.05) is 11.9 Å². The zero-order valence-electron chi connectivity index (χ0n) is 20.1. The summed E-state index contributed by atoms with van der Waals surface area (Å²) in [6.45, 7) is 7.41. The van der Waals surface area contributed by atoms with Crippen LogP contribution in [0.4, 0.5) is 5.69 Å². The molecule has 2 aromatic heterocycles. The number of nitrogens with zero attached hydrogens (tertiary/aromatic N) is 3. The zero-order chi connectivity index (χ0) is 24.1. The SMILES string of the molecule is CCCOc1ccc(C(C)NC(=O)c2cnc3c(cnn3CC)c2NC2CCC(=O)CC2)cc1. The van der Waals surface area contributed by atoms with Gasteiger partial charge in [-0.3, -0.25) is 9.59 Å². The van der Waals surface area contributed by atoms with Gasteiger partial charge in [0.05, 0.1) is 35.5 Å². The van der Waals surface area contributed by atoms with E-state index in [1.54, 1.807) is 12.4 Å². The highest BCUT2D eigenvalue weighted by Gasteiger charge is 2.24. The molecule has 0 aliphatic heterocycles. The maximum Gasteiger partial charge on any atom is 0.255 e. The van der Waals surface area contributed by atoms with Crippen LogP contribution in [0.25, 0.3) is 11.0 Å². The lowest BCUT2D eigenvalue weighted by atomic mass is 9.94. The van der Waals surface area contributed by atoms with Crippen LogP contribution in [0, 0.1) is 0 Å². The number of hydrogen-bond acceptors (Lipinski definition) is 6. The molecule has 0 radical (unpaired) electrons. The van der Waals surface area contributed by atoms with E-state index in [1.165, 1.54) is 0 Å². The van der Waals surface area contributed by atoms with E-state index >= 15 is 0 Å². The van der Waals surface area contributed by atoms with Crippen molar-refractivity contribution >= 4 is 28.4 Å². The number of ketones is 1. The minimum atomic E-state index is -0.202. The van der Waals surface area contributed by atoms with Crippen LogP contribution < -0.4 is 15.4 Å². The van der Waals surface area contributed by atoms with Crippen molar-refractivity contribution in [2.24, 2.45) is 0 Å². The van der Waals surface area contributed by atoms with Gasteiger partial charge in [-0.25, -0.2) is 9.67 Å². The van der Waals surface area contributed by atoms with E-state index in [4.69, 9.17) is 4.74 Å². The highest BCUT2D eigenvalue weighted by Crippen LogP contribution is 2.30. The van der Waals surface area contributed by atoms with Crippen LogP contribution in [-0.2, 0) is 11.3 Å². The first-order valence-electron chi connectivity index (χ1n) is 12.2. The molecular formula is C26H33N5O3. The topological polar surface area (TPSA) is 98.1 Å². The van der Waals surface area contributed by atoms with Crippen LogP contribution in [-0.4, -0.2) is 39.1 Å². The minimum absolute atomic E-state index is 0.132. The lowest BCUT2D eigenvalue weighted by Crippen LogP contribution is -2.30. The van der Waals surface area contributed by atoms with Crippen molar-refractivity contribution in [3.05, 3.63) is 47.8 Å². The molecule has 1 aromatic carbocycles. The van der Waals surface area contributed by atoms with Gasteiger partial charge < -0.3 is 15.4 Å². The number of carbonyl (C=O) groups is 2. The highest BCUT2D eigenvalue weighted by molar-refractivity contribution is 6.06. The number of amides is 1. The summed E-state index contributed by atoms with van der Waals surface area (Å²) < 4.78 is 7.47. The van der Waals surface area contributed by atoms with Gasteiger partial charge in [-0.2, -0.15) is 5.10 Å². The Kier molecular flexibility index (Phi) is 7.45. The van der Waals surface area contributed by atoms with Crippen LogP contribution >= 0.6 is 0 Å². The maximum atomic E-state index is 13.4. The second kappa shape index (κ2) is 10.7. The van der Waals surface area contributed by atoms with Crippen molar-refractivity contribution < 1.29 is 14.3 Å². The van der Waals surface area contributed by atoms with Gasteiger partial charge in [0.1, 0.15) is 11.5 Å². The fraction of sp³-hybridized carbons (Fsp3) is 0.462. The molecule has 2 heterocycles. The lowest BCUT2D eigenvalue weighted by Gasteiger charge is -2.25. The van der Waals surface area contributed by atoms with Crippen molar-refractivity contribution in [2.45, 2.75) is 71.5 Å². The number of anilines is 1. The average molecular weight is 464 g/mol. The van der Waals surface area contributed by atoms with Gasteiger partial charge in [-0.1, -0.05) is 19.1 Å². The molecule has 3 aromatic rings. The fourth-order valence-corrected chi connectivity index (χ4v) is 4.30. The number of aryl methyl sites for hydroxylation is 1. The van der Waals surface area contributed by atoms with Gasteiger partial charge in [0, 0.05) is 31.6 Å². The average Bonchev–Trinajstić information content (AvgIpc) is 3.28. The summed E-state index contributed by atoms with van der Waals surface area (Å²) in [4.78, 5) is 29.6. The molecule has 1 aliphatic carbocycles. The molecular weight excluding hydrogens is 430 g/mol. The van der Waals surface area contributed by atoms with Crippen LogP contribution in [0.15, 0.2) is 36.7 Å². The standard InChI is InChI=1S/C26H33N5O3/c1-4-14-34-21-12-6-18(7-13-21)17(3)29-26(33)23-15-27-25-22(16-28-31(25)5-2)24(23)30-19-8-10-20(32)11-9-19/h6-7,12-13,15-17,19H,4-5,8-11,14H2,1-3H3,(H,27,30)(H,29,33). The molecule has 1 fully saturated rings. The van der Waals surface area contributed by atoms with E-state index in [-0.39, 0.29) is 18.0 Å². The Labute approximate surface area is 200 Å². The molecule has 1 amide bonds. The summed E-state index contributed by atoms with van der Waals surface area (Å²) in [5.74, 6) is 0.922. The molecule has 1 aliphatic rings. The fourth-order valence-electron chi connectivity index (χ4n) is 4.30. The van der Waals surface area contributed by atoms with Crippen molar-refractivity contribution in [3.63, 3.8) is 0 Å². The first-order chi connectivity index (χ1) is 16.5. The molecule has 1 atom stereocenters. The number of hydrogen-bond donors (Lipinski definition) is 2. The Bertz CT molecular complexity index is 1150. The second-order valence-corrected chi connectivity index (χ2v) is 8.81. The Morgan fingerprint density at radius 1 is 1.18 bits per heavy atom. The maximum absolute atomic E-state index is 13.4. The number of aromatic nitrogens is 3. The summed E-state index contributed by atoms with van der Waals surface area (Å²) >= 11 is 0. The molecule has 1 unspecified atom stereocenters. The van der Waals surface area contributed by atoms with E-state index in [1.807, 2.05) is 42.8 Å². The van der Waals surface area contributed by atoms with Gasteiger partial charge in [0.25, 0.3) is 5.91 Å². The third-order valence-corrected chi connectivity index (χ3v) is 6.30. The summed E-state index contributed by atoms with van der Waals surface area (Å²) in [5, 5.41) is 11.9. The van der Waals surface area contributed by atoms with Gasteiger partial charge in [-0.05, 0) is 50.8 Å².